The molecule has 2 N–H and O–H groups in total. The van der Waals surface area contributed by atoms with E-state index in [-0.39, 0.29) is 6.04 Å². The summed E-state index contributed by atoms with van der Waals surface area (Å²) in [6, 6.07) is -0.0278. The first-order valence-electron chi connectivity index (χ1n) is 6.75. The molecule has 19 heavy (non-hydrogen) atoms. The van der Waals surface area contributed by atoms with Crippen molar-refractivity contribution >= 4 is 23.4 Å². The lowest BCUT2D eigenvalue weighted by atomic mass is 9.93. The summed E-state index contributed by atoms with van der Waals surface area (Å²) in [4.78, 5) is 0. The fraction of sp³-hybridized carbons (Fsp3) is 0.769. The van der Waals surface area contributed by atoms with E-state index >= 15 is 0 Å². The van der Waals surface area contributed by atoms with E-state index in [1.807, 2.05) is 16.4 Å². The molecule has 108 valence electrons. The summed E-state index contributed by atoms with van der Waals surface area (Å²) in [5.74, 6) is 3.24. The highest BCUT2D eigenvalue weighted by Gasteiger charge is 2.22. The van der Waals surface area contributed by atoms with Gasteiger partial charge in [0.2, 0.25) is 0 Å². The molecule has 0 amide bonds. The lowest BCUT2D eigenvalue weighted by molar-refractivity contribution is 0.181. The summed E-state index contributed by atoms with van der Waals surface area (Å²) in [5.41, 5.74) is 7.31. The van der Waals surface area contributed by atoms with Crippen LogP contribution in [-0.2, 0) is 11.3 Å². The summed E-state index contributed by atoms with van der Waals surface area (Å²) < 4.78 is 6.98. The average molecular weight is 304 g/mol. The maximum absolute atomic E-state index is 6.35. The Morgan fingerprint density at radius 1 is 1.58 bits per heavy atom. The summed E-state index contributed by atoms with van der Waals surface area (Å²) >= 11 is 8.27. The number of nitrogens with zero attached hydrogens (tertiary/aromatic N) is 2. The highest BCUT2D eigenvalue weighted by molar-refractivity contribution is 7.99. The Morgan fingerprint density at radius 2 is 2.32 bits per heavy atom. The van der Waals surface area contributed by atoms with Gasteiger partial charge in [-0.3, -0.25) is 4.68 Å². The average Bonchev–Trinajstić information content (AvgIpc) is 2.78. The minimum Gasteiger partial charge on any atom is -0.383 e. The molecule has 1 atom stereocenters. The van der Waals surface area contributed by atoms with Gasteiger partial charge in [-0.25, -0.2) is 0 Å². The first-order chi connectivity index (χ1) is 9.22. The van der Waals surface area contributed by atoms with Crippen molar-refractivity contribution in [3.8, 4) is 0 Å². The monoisotopic (exact) mass is 303 g/mol. The lowest BCUT2D eigenvalue weighted by Crippen LogP contribution is -2.22. The molecule has 0 spiro atoms. The Balaban J connectivity index is 2.00. The van der Waals surface area contributed by atoms with Crippen LogP contribution >= 0.6 is 23.4 Å². The molecule has 2 heterocycles. The zero-order valence-electron chi connectivity index (χ0n) is 11.3. The molecule has 0 saturated carbocycles. The van der Waals surface area contributed by atoms with Gasteiger partial charge in [0.25, 0.3) is 0 Å². The molecule has 1 aromatic heterocycles. The van der Waals surface area contributed by atoms with Gasteiger partial charge in [-0.15, -0.1) is 0 Å². The first kappa shape index (κ1) is 15.2. The third-order valence-corrected chi connectivity index (χ3v) is 4.96. The van der Waals surface area contributed by atoms with Crippen molar-refractivity contribution in [3.05, 3.63) is 16.9 Å². The van der Waals surface area contributed by atoms with E-state index in [1.54, 1.807) is 13.3 Å². The van der Waals surface area contributed by atoms with Crippen molar-refractivity contribution in [1.29, 1.82) is 0 Å². The van der Waals surface area contributed by atoms with Crippen molar-refractivity contribution in [2.45, 2.75) is 31.8 Å². The predicted octanol–water partition coefficient (Wildman–Crippen LogP) is 2.72. The Labute approximate surface area is 124 Å². The smallest absolute Gasteiger partial charge is 0.0834 e. The molecule has 1 unspecified atom stereocenters. The van der Waals surface area contributed by atoms with Gasteiger partial charge in [-0.2, -0.15) is 16.9 Å². The van der Waals surface area contributed by atoms with Crippen LogP contribution in [0.4, 0.5) is 0 Å². The second kappa shape index (κ2) is 7.53. The molecule has 0 aliphatic carbocycles. The van der Waals surface area contributed by atoms with Gasteiger partial charge in [0.15, 0.2) is 0 Å². The van der Waals surface area contributed by atoms with E-state index in [0.29, 0.717) is 18.2 Å². The highest BCUT2D eigenvalue weighted by atomic mass is 35.5. The van der Waals surface area contributed by atoms with Crippen LogP contribution in [0.3, 0.4) is 0 Å². The van der Waals surface area contributed by atoms with E-state index in [2.05, 4.69) is 5.10 Å². The molecule has 0 radical (unpaired) electrons. The number of rotatable bonds is 6. The molecule has 0 aromatic carbocycles. The second-order valence-electron chi connectivity index (χ2n) is 4.99. The van der Waals surface area contributed by atoms with E-state index < -0.39 is 0 Å². The topological polar surface area (TPSA) is 53.1 Å². The SMILES string of the molecule is COCCn1ncc(Cl)c1C(N)CC1CCSCC1. The summed E-state index contributed by atoms with van der Waals surface area (Å²) in [6.45, 7) is 1.32. The summed E-state index contributed by atoms with van der Waals surface area (Å²) in [6.07, 6.45) is 5.21. The minimum absolute atomic E-state index is 0.0278. The van der Waals surface area contributed by atoms with Crippen LogP contribution in [0.5, 0.6) is 0 Å². The van der Waals surface area contributed by atoms with Gasteiger partial charge in [0.1, 0.15) is 0 Å². The zero-order valence-corrected chi connectivity index (χ0v) is 12.9. The standard InChI is InChI=1S/C13H22ClN3OS/c1-18-5-4-17-13(11(14)9-16-17)12(15)8-10-2-6-19-7-3-10/h9-10,12H,2-8,15H2,1H3. The number of nitrogens with two attached hydrogens (primary N) is 1. The van der Waals surface area contributed by atoms with E-state index in [4.69, 9.17) is 22.1 Å². The summed E-state index contributed by atoms with van der Waals surface area (Å²) in [5, 5.41) is 4.96. The third kappa shape index (κ3) is 4.12. The first-order valence-corrected chi connectivity index (χ1v) is 8.29. The number of ether oxygens (including phenoxy) is 1. The molecule has 1 saturated heterocycles. The number of thioether (sulfide) groups is 1. The van der Waals surface area contributed by atoms with Gasteiger partial charge < -0.3 is 10.5 Å². The fourth-order valence-electron chi connectivity index (χ4n) is 2.55. The molecular formula is C13H22ClN3OS. The van der Waals surface area contributed by atoms with E-state index in [1.165, 1.54) is 24.3 Å². The Bertz CT molecular complexity index is 393. The number of hydrogen-bond acceptors (Lipinski definition) is 4. The Morgan fingerprint density at radius 3 is 3.00 bits per heavy atom. The van der Waals surface area contributed by atoms with E-state index in [0.717, 1.165) is 18.0 Å². The Kier molecular flexibility index (Phi) is 6.01. The van der Waals surface area contributed by atoms with Crippen LogP contribution in [0.1, 0.15) is 31.0 Å². The Hall–Kier alpha value is -0.230. The van der Waals surface area contributed by atoms with Gasteiger partial charge in [0, 0.05) is 13.2 Å². The third-order valence-electron chi connectivity index (χ3n) is 3.62. The molecule has 1 aliphatic heterocycles. The minimum atomic E-state index is -0.0278. The molecular weight excluding hydrogens is 282 g/mol. The lowest BCUT2D eigenvalue weighted by Gasteiger charge is -2.25. The summed E-state index contributed by atoms with van der Waals surface area (Å²) in [7, 11) is 1.68. The molecule has 1 aromatic rings. The van der Waals surface area contributed by atoms with Crippen molar-refractivity contribution < 1.29 is 4.74 Å². The number of hydrogen-bond donors (Lipinski definition) is 1. The normalized spacial score (nSPS) is 18.7. The number of methoxy groups -OCH3 is 1. The van der Waals surface area contributed by atoms with Gasteiger partial charge >= 0.3 is 0 Å². The highest BCUT2D eigenvalue weighted by Crippen LogP contribution is 2.32. The van der Waals surface area contributed by atoms with Gasteiger partial charge in [-0.05, 0) is 36.7 Å². The number of aromatic nitrogens is 2. The van der Waals surface area contributed by atoms with Crippen LogP contribution in [0.15, 0.2) is 6.20 Å². The van der Waals surface area contributed by atoms with Crippen molar-refractivity contribution in [3.63, 3.8) is 0 Å². The van der Waals surface area contributed by atoms with Crippen molar-refractivity contribution in [1.82, 2.24) is 9.78 Å². The second-order valence-corrected chi connectivity index (χ2v) is 6.62. The van der Waals surface area contributed by atoms with Crippen LogP contribution in [0.2, 0.25) is 5.02 Å². The molecule has 1 aliphatic rings. The van der Waals surface area contributed by atoms with Gasteiger partial charge in [0.05, 0.1) is 30.1 Å². The fourth-order valence-corrected chi connectivity index (χ4v) is 4.03. The molecule has 6 heteroatoms. The number of halogens is 1. The quantitative estimate of drug-likeness (QED) is 0.878. The molecule has 0 bridgehead atoms. The molecule has 2 rings (SSSR count). The maximum Gasteiger partial charge on any atom is 0.0834 e. The largest absolute Gasteiger partial charge is 0.383 e. The van der Waals surface area contributed by atoms with Crippen LogP contribution < -0.4 is 5.73 Å². The van der Waals surface area contributed by atoms with Crippen molar-refractivity contribution in [2.75, 3.05) is 25.2 Å². The van der Waals surface area contributed by atoms with Gasteiger partial charge in [-0.1, -0.05) is 11.6 Å². The van der Waals surface area contributed by atoms with Crippen molar-refractivity contribution in [2.24, 2.45) is 11.7 Å². The maximum atomic E-state index is 6.35. The molecule has 1 fully saturated rings. The van der Waals surface area contributed by atoms with Crippen LogP contribution in [0, 0.1) is 5.92 Å². The van der Waals surface area contributed by atoms with Crippen LogP contribution in [-0.4, -0.2) is 35.0 Å². The van der Waals surface area contributed by atoms with Crippen LogP contribution in [0.25, 0.3) is 0 Å². The molecule has 4 nitrogen and oxygen atoms in total. The van der Waals surface area contributed by atoms with E-state index in [9.17, 15) is 0 Å². The zero-order chi connectivity index (χ0) is 13.7. The predicted molar refractivity (Wildman–Crippen MR) is 80.7 cm³/mol.